The summed E-state index contributed by atoms with van der Waals surface area (Å²) in [4.78, 5) is 43.6. The standard InChI is InChI=1S/C32H35FN4O8S/c1-35(2)30(39)25-7-6-14-36(25)32(23-15-19(16-29(34)38)8-12-26(23)44-4)22-17-20(33)9-11-24(22)37(31(32)40)46(41,42)28-13-10-21(43-3)18-27(28)45-5/h8-13,15,17-18,25H,6-7,14,16H2,1-5H3,(H2,34,38)/t25-,32?/m0/s1. The van der Waals surface area contributed by atoms with E-state index in [1.54, 1.807) is 25.1 Å². The molecule has 2 atom stereocenters. The maximum absolute atomic E-state index is 15.3. The molecule has 1 saturated heterocycles. The average Bonchev–Trinajstić information content (AvgIpc) is 3.60. The quantitative estimate of drug-likeness (QED) is 0.348. The van der Waals surface area contributed by atoms with E-state index in [1.807, 2.05) is 0 Å². The molecule has 0 aromatic heterocycles. The number of likely N-dealkylation sites (tertiary alicyclic amines) is 1. The second kappa shape index (κ2) is 12.2. The van der Waals surface area contributed by atoms with Crippen molar-refractivity contribution in [2.75, 3.05) is 46.3 Å². The van der Waals surface area contributed by atoms with Gasteiger partial charge in [-0.15, -0.1) is 0 Å². The van der Waals surface area contributed by atoms with Gasteiger partial charge < -0.3 is 24.8 Å². The minimum Gasteiger partial charge on any atom is -0.497 e. The van der Waals surface area contributed by atoms with Crippen LogP contribution in [0.5, 0.6) is 17.2 Å². The second-order valence-corrected chi connectivity index (χ2v) is 13.0. The number of nitrogens with two attached hydrogens (primary N) is 1. The summed E-state index contributed by atoms with van der Waals surface area (Å²) in [6.45, 7) is 0.175. The van der Waals surface area contributed by atoms with Gasteiger partial charge in [0.1, 0.15) is 28.0 Å². The zero-order valence-electron chi connectivity index (χ0n) is 26.1. The van der Waals surface area contributed by atoms with Crippen molar-refractivity contribution in [3.63, 3.8) is 0 Å². The third kappa shape index (κ3) is 5.10. The average molecular weight is 655 g/mol. The molecule has 0 saturated carbocycles. The number of carbonyl (C=O) groups is 3. The summed E-state index contributed by atoms with van der Waals surface area (Å²) in [6, 6.07) is 11.2. The summed E-state index contributed by atoms with van der Waals surface area (Å²) in [5, 5.41) is 0. The first kappa shape index (κ1) is 32.7. The Morgan fingerprint density at radius 2 is 1.70 bits per heavy atom. The van der Waals surface area contributed by atoms with Crippen molar-refractivity contribution >= 4 is 33.4 Å². The minimum absolute atomic E-state index is 0.0125. The van der Waals surface area contributed by atoms with Crippen LogP contribution in [-0.4, -0.2) is 84.0 Å². The van der Waals surface area contributed by atoms with Crippen molar-refractivity contribution in [3.05, 3.63) is 77.1 Å². The molecule has 0 radical (unpaired) electrons. The van der Waals surface area contributed by atoms with Crippen LogP contribution >= 0.6 is 0 Å². The lowest BCUT2D eigenvalue weighted by molar-refractivity contribution is -0.138. The van der Waals surface area contributed by atoms with Gasteiger partial charge in [0.2, 0.25) is 11.8 Å². The van der Waals surface area contributed by atoms with E-state index >= 15 is 9.18 Å². The Morgan fingerprint density at radius 1 is 0.978 bits per heavy atom. The summed E-state index contributed by atoms with van der Waals surface area (Å²) < 4.78 is 61.5. The molecule has 46 heavy (non-hydrogen) atoms. The van der Waals surface area contributed by atoms with Crippen LogP contribution in [0.25, 0.3) is 0 Å². The van der Waals surface area contributed by atoms with Crippen molar-refractivity contribution in [1.29, 1.82) is 0 Å². The number of carbonyl (C=O) groups excluding carboxylic acids is 3. The molecule has 3 aromatic carbocycles. The third-order valence-corrected chi connectivity index (χ3v) is 10.1. The molecule has 0 spiro atoms. The topological polar surface area (TPSA) is 149 Å². The first-order chi connectivity index (χ1) is 21.8. The number of anilines is 1. The zero-order chi connectivity index (χ0) is 33.6. The minimum atomic E-state index is -4.75. The van der Waals surface area contributed by atoms with Gasteiger partial charge in [-0.25, -0.2) is 17.1 Å². The summed E-state index contributed by atoms with van der Waals surface area (Å²) in [6.07, 6.45) is 0.619. The van der Waals surface area contributed by atoms with E-state index in [-0.39, 0.29) is 52.1 Å². The van der Waals surface area contributed by atoms with Crippen LogP contribution in [0.2, 0.25) is 0 Å². The Morgan fingerprint density at radius 3 is 2.33 bits per heavy atom. The maximum Gasteiger partial charge on any atom is 0.274 e. The van der Waals surface area contributed by atoms with E-state index in [0.717, 1.165) is 12.1 Å². The van der Waals surface area contributed by atoms with Crippen LogP contribution in [-0.2, 0) is 36.4 Å². The fourth-order valence-corrected chi connectivity index (χ4v) is 8.04. The van der Waals surface area contributed by atoms with E-state index in [1.165, 1.54) is 62.6 Å². The number of sulfonamides is 1. The zero-order valence-corrected chi connectivity index (χ0v) is 26.9. The molecule has 3 amide bonds. The molecule has 2 heterocycles. The van der Waals surface area contributed by atoms with Crippen molar-refractivity contribution in [1.82, 2.24) is 9.80 Å². The SMILES string of the molecule is COc1ccc(S(=O)(=O)N2C(=O)C(c3cc(CC(N)=O)ccc3OC)(N3CCC[C@H]3C(=O)N(C)C)c3cc(F)ccc32)c(OC)c1. The lowest BCUT2D eigenvalue weighted by Crippen LogP contribution is -2.59. The van der Waals surface area contributed by atoms with Crippen LogP contribution in [0.4, 0.5) is 10.1 Å². The molecule has 2 N–H and O–H groups in total. The molecule has 12 nitrogen and oxygen atoms in total. The van der Waals surface area contributed by atoms with Gasteiger partial charge in [-0.3, -0.25) is 19.3 Å². The van der Waals surface area contributed by atoms with E-state index in [2.05, 4.69) is 0 Å². The number of likely N-dealkylation sites (N-methyl/N-ethyl adjacent to an activating group) is 1. The van der Waals surface area contributed by atoms with Crippen LogP contribution in [0.3, 0.4) is 0 Å². The van der Waals surface area contributed by atoms with Gasteiger partial charge in [-0.2, -0.15) is 0 Å². The number of hydrogen-bond donors (Lipinski definition) is 1. The van der Waals surface area contributed by atoms with Crippen molar-refractivity contribution in [3.8, 4) is 17.2 Å². The molecule has 1 fully saturated rings. The number of nitrogens with zero attached hydrogens (tertiary/aromatic N) is 3. The molecular formula is C32H35FN4O8S. The number of halogens is 1. The number of benzene rings is 3. The highest BCUT2D eigenvalue weighted by Gasteiger charge is 2.63. The molecule has 14 heteroatoms. The third-order valence-electron chi connectivity index (χ3n) is 8.39. The fraction of sp³-hybridized carbons (Fsp3) is 0.344. The molecule has 2 aliphatic heterocycles. The summed E-state index contributed by atoms with van der Waals surface area (Å²) >= 11 is 0. The van der Waals surface area contributed by atoms with Gasteiger partial charge in [-0.05, 0) is 60.9 Å². The number of primary amides is 1. The van der Waals surface area contributed by atoms with Crippen LogP contribution < -0.4 is 24.2 Å². The van der Waals surface area contributed by atoms with Gasteiger partial charge in [0.15, 0.2) is 5.54 Å². The van der Waals surface area contributed by atoms with Crippen molar-refractivity contribution in [2.45, 2.75) is 35.7 Å². The lowest BCUT2D eigenvalue weighted by atomic mass is 9.80. The highest BCUT2D eigenvalue weighted by atomic mass is 32.2. The monoisotopic (exact) mass is 654 g/mol. The number of hydrogen-bond acceptors (Lipinski definition) is 9. The van der Waals surface area contributed by atoms with E-state index in [4.69, 9.17) is 19.9 Å². The predicted octanol–water partition coefficient (Wildman–Crippen LogP) is 2.41. The van der Waals surface area contributed by atoms with Crippen LogP contribution in [0.1, 0.15) is 29.5 Å². The Hall–Kier alpha value is -4.69. The van der Waals surface area contributed by atoms with Gasteiger partial charge in [-0.1, -0.05) is 6.07 Å². The molecule has 5 rings (SSSR count). The lowest BCUT2D eigenvalue weighted by Gasteiger charge is -2.42. The summed E-state index contributed by atoms with van der Waals surface area (Å²) in [7, 11) is 2.47. The highest BCUT2D eigenvalue weighted by Crippen LogP contribution is 2.55. The highest BCUT2D eigenvalue weighted by molar-refractivity contribution is 7.93. The van der Waals surface area contributed by atoms with Gasteiger partial charge in [0.25, 0.3) is 15.9 Å². The van der Waals surface area contributed by atoms with E-state index in [9.17, 15) is 18.0 Å². The van der Waals surface area contributed by atoms with E-state index in [0.29, 0.717) is 28.5 Å². The molecule has 3 aromatic rings. The smallest absolute Gasteiger partial charge is 0.274 e. The number of amides is 3. The number of methoxy groups -OCH3 is 3. The molecule has 0 aliphatic carbocycles. The largest absolute Gasteiger partial charge is 0.497 e. The van der Waals surface area contributed by atoms with Gasteiger partial charge in [0, 0.05) is 37.8 Å². The Labute approximate surface area is 266 Å². The molecular weight excluding hydrogens is 619 g/mol. The number of ether oxygens (including phenoxy) is 3. The van der Waals surface area contributed by atoms with Crippen molar-refractivity contribution < 1.29 is 41.4 Å². The van der Waals surface area contributed by atoms with E-state index < -0.39 is 39.2 Å². The number of fused-ring (bicyclic) bond motifs is 1. The van der Waals surface area contributed by atoms with Crippen LogP contribution in [0.15, 0.2) is 59.5 Å². The maximum atomic E-state index is 15.3. The molecule has 1 unspecified atom stereocenters. The fourth-order valence-electron chi connectivity index (χ4n) is 6.44. The second-order valence-electron chi connectivity index (χ2n) is 11.2. The molecule has 244 valence electrons. The summed E-state index contributed by atoms with van der Waals surface area (Å²) in [5.74, 6) is -2.31. The first-order valence-electron chi connectivity index (χ1n) is 14.4. The molecule has 0 bridgehead atoms. The van der Waals surface area contributed by atoms with Gasteiger partial charge >= 0.3 is 0 Å². The Bertz CT molecular complexity index is 1830. The summed E-state index contributed by atoms with van der Waals surface area (Å²) in [5.41, 5.74) is 3.82. The molecule has 2 aliphatic rings. The normalized spacial score (nSPS) is 19.6. The number of rotatable bonds is 10. The van der Waals surface area contributed by atoms with Crippen LogP contribution in [0, 0.1) is 5.82 Å². The Kier molecular flexibility index (Phi) is 8.71. The Balaban J connectivity index is 1.88. The predicted molar refractivity (Wildman–Crippen MR) is 166 cm³/mol. The first-order valence-corrected chi connectivity index (χ1v) is 15.8. The van der Waals surface area contributed by atoms with Crippen molar-refractivity contribution in [2.24, 2.45) is 5.73 Å². The van der Waals surface area contributed by atoms with Gasteiger partial charge in [0.05, 0.1) is 39.5 Å².